The predicted molar refractivity (Wildman–Crippen MR) is 63.5 cm³/mol. The van der Waals surface area contributed by atoms with Gasteiger partial charge in [-0.3, -0.25) is 0 Å². The van der Waals surface area contributed by atoms with Crippen molar-refractivity contribution in [2.24, 2.45) is 5.92 Å². The van der Waals surface area contributed by atoms with Crippen molar-refractivity contribution in [3.63, 3.8) is 0 Å². The number of aromatic hydroxyl groups is 1. The van der Waals surface area contributed by atoms with Crippen LogP contribution in [0.25, 0.3) is 0 Å². The molecule has 2 unspecified atom stereocenters. The normalized spacial score (nSPS) is 24.2. The maximum Gasteiger partial charge on any atom is 0.393 e. The minimum absolute atomic E-state index is 0.0989. The van der Waals surface area contributed by atoms with Crippen LogP contribution in [0, 0.1) is 11.7 Å². The number of halogens is 4. The standard InChI is InChI=1S/C13H15F4NO/c14-10-7-8(5-6-12(10)19)18-11-4-2-1-3-9(11)13(15,16)17/h5-7,9,11,18-19H,1-4H2. The molecule has 2 nitrogen and oxygen atoms in total. The van der Waals surface area contributed by atoms with Gasteiger partial charge in [0.1, 0.15) is 0 Å². The van der Waals surface area contributed by atoms with Gasteiger partial charge < -0.3 is 10.4 Å². The molecule has 0 amide bonds. The summed E-state index contributed by atoms with van der Waals surface area (Å²) in [4.78, 5) is 0. The second kappa shape index (κ2) is 5.27. The Bertz CT molecular complexity index is 447. The molecule has 1 fully saturated rings. The lowest BCUT2D eigenvalue weighted by Crippen LogP contribution is -2.41. The highest BCUT2D eigenvalue weighted by molar-refractivity contribution is 5.47. The molecule has 2 rings (SSSR count). The summed E-state index contributed by atoms with van der Waals surface area (Å²) in [6, 6.07) is 2.78. The van der Waals surface area contributed by atoms with Gasteiger partial charge in [0, 0.05) is 17.8 Å². The van der Waals surface area contributed by atoms with E-state index < -0.39 is 29.7 Å². The van der Waals surface area contributed by atoms with Crippen molar-refractivity contribution in [1.29, 1.82) is 0 Å². The van der Waals surface area contributed by atoms with E-state index in [1.807, 2.05) is 0 Å². The quantitative estimate of drug-likeness (QED) is 0.631. The molecule has 106 valence electrons. The third-order valence-electron chi connectivity index (χ3n) is 3.49. The maximum absolute atomic E-state index is 13.2. The Balaban J connectivity index is 2.13. The van der Waals surface area contributed by atoms with Gasteiger partial charge in [-0.05, 0) is 25.0 Å². The molecule has 1 aromatic rings. The van der Waals surface area contributed by atoms with Gasteiger partial charge in [-0.2, -0.15) is 13.2 Å². The number of hydrogen-bond donors (Lipinski definition) is 2. The lowest BCUT2D eigenvalue weighted by molar-refractivity contribution is -0.184. The summed E-state index contributed by atoms with van der Waals surface area (Å²) < 4.78 is 51.8. The Kier molecular flexibility index (Phi) is 3.87. The Labute approximate surface area is 108 Å². The van der Waals surface area contributed by atoms with E-state index in [-0.39, 0.29) is 12.1 Å². The van der Waals surface area contributed by atoms with Crippen LogP contribution < -0.4 is 5.32 Å². The van der Waals surface area contributed by atoms with Crippen molar-refractivity contribution in [1.82, 2.24) is 0 Å². The van der Waals surface area contributed by atoms with Crippen LogP contribution in [0.1, 0.15) is 25.7 Å². The minimum atomic E-state index is -4.24. The van der Waals surface area contributed by atoms with Gasteiger partial charge in [0.05, 0.1) is 5.92 Å². The highest BCUT2D eigenvalue weighted by Crippen LogP contribution is 2.39. The van der Waals surface area contributed by atoms with E-state index in [4.69, 9.17) is 5.11 Å². The van der Waals surface area contributed by atoms with Gasteiger partial charge in [0.15, 0.2) is 11.6 Å². The van der Waals surface area contributed by atoms with Gasteiger partial charge in [-0.1, -0.05) is 12.8 Å². The van der Waals surface area contributed by atoms with Gasteiger partial charge in [0.25, 0.3) is 0 Å². The molecular weight excluding hydrogens is 262 g/mol. The molecule has 2 N–H and O–H groups in total. The SMILES string of the molecule is Oc1ccc(NC2CCCCC2C(F)(F)F)cc1F. The van der Waals surface area contributed by atoms with Gasteiger partial charge in [0.2, 0.25) is 0 Å². The predicted octanol–water partition coefficient (Wildman–Crippen LogP) is 4.06. The van der Waals surface area contributed by atoms with E-state index >= 15 is 0 Å². The average molecular weight is 277 g/mol. The van der Waals surface area contributed by atoms with Crippen molar-refractivity contribution < 1.29 is 22.7 Å². The van der Waals surface area contributed by atoms with E-state index in [2.05, 4.69) is 5.32 Å². The maximum atomic E-state index is 13.2. The molecule has 6 heteroatoms. The minimum Gasteiger partial charge on any atom is -0.505 e. The first-order valence-corrected chi connectivity index (χ1v) is 6.19. The van der Waals surface area contributed by atoms with Gasteiger partial charge >= 0.3 is 6.18 Å². The number of nitrogens with one attached hydrogen (secondary N) is 1. The zero-order valence-electron chi connectivity index (χ0n) is 10.2. The molecule has 0 spiro atoms. The number of alkyl halides is 3. The monoisotopic (exact) mass is 277 g/mol. The van der Waals surface area contributed by atoms with Crippen molar-refractivity contribution in [2.45, 2.75) is 37.9 Å². The van der Waals surface area contributed by atoms with Crippen molar-refractivity contribution >= 4 is 5.69 Å². The van der Waals surface area contributed by atoms with Crippen molar-refractivity contribution in [3.8, 4) is 5.75 Å². The summed E-state index contributed by atoms with van der Waals surface area (Å²) in [6.45, 7) is 0. The summed E-state index contributed by atoms with van der Waals surface area (Å²) >= 11 is 0. The zero-order valence-corrected chi connectivity index (χ0v) is 10.2. The number of benzene rings is 1. The summed E-state index contributed by atoms with van der Waals surface area (Å²) in [7, 11) is 0. The average Bonchev–Trinajstić information content (AvgIpc) is 2.33. The second-order valence-corrected chi connectivity index (χ2v) is 4.85. The third-order valence-corrected chi connectivity index (χ3v) is 3.49. The molecule has 0 bridgehead atoms. The fourth-order valence-electron chi connectivity index (χ4n) is 2.51. The smallest absolute Gasteiger partial charge is 0.393 e. The fraction of sp³-hybridized carbons (Fsp3) is 0.538. The molecule has 2 atom stereocenters. The molecule has 1 aromatic carbocycles. The van der Waals surface area contributed by atoms with E-state index in [1.165, 1.54) is 6.07 Å². The van der Waals surface area contributed by atoms with Crippen LogP contribution in [-0.4, -0.2) is 17.3 Å². The van der Waals surface area contributed by atoms with Crippen LogP contribution in [0.15, 0.2) is 18.2 Å². The van der Waals surface area contributed by atoms with Crippen LogP contribution in [0.2, 0.25) is 0 Å². The Morgan fingerprint density at radius 3 is 2.47 bits per heavy atom. The second-order valence-electron chi connectivity index (χ2n) is 4.85. The molecule has 0 saturated heterocycles. The summed E-state index contributed by atoms with van der Waals surface area (Å²) in [6.07, 6.45) is -2.45. The first kappa shape index (κ1) is 14.0. The molecule has 0 aromatic heterocycles. The Hall–Kier alpha value is -1.46. The molecular formula is C13H15F4NO. The number of phenols is 1. The third kappa shape index (κ3) is 3.30. The van der Waals surface area contributed by atoms with Crippen LogP contribution >= 0.6 is 0 Å². The molecule has 0 aliphatic heterocycles. The zero-order chi connectivity index (χ0) is 14.0. The topological polar surface area (TPSA) is 32.3 Å². The van der Waals surface area contributed by atoms with E-state index in [0.29, 0.717) is 12.8 Å². The number of anilines is 1. The molecule has 19 heavy (non-hydrogen) atoms. The van der Waals surface area contributed by atoms with Crippen molar-refractivity contribution in [3.05, 3.63) is 24.0 Å². The van der Waals surface area contributed by atoms with Gasteiger partial charge in [-0.25, -0.2) is 4.39 Å². The molecule has 1 saturated carbocycles. The summed E-state index contributed by atoms with van der Waals surface area (Å²) in [5, 5.41) is 11.8. The van der Waals surface area contributed by atoms with Crippen LogP contribution in [0.4, 0.5) is 23.2 Å². The van der Waals surface area contributed by atoms with Gasteiger partial charge in [-0.15, -0.1) is 0 Å². The first-order chi connectivity index (χ1) is 8.88. The lowest BCUT2D eigenvalue weighted by atomic mass is 9.84. The highest BCUT2D eigenvalue weighted by Gasteiger charge is 2.45. The van der Waals surface area contributed by atoms with Crippen LogP contribution in [0.5, 0.6) is 5.75 Å². The molecule has 1 aliphatic rings. The molecule has 0 radical (unpaired) electrons. The lowest BCUT2D eigenvalue weighted by Gasteiger charge is -2.34. The highest BCUT2D eigenvalue weighted by atomic mass is 19.4. The Morgan fingerprint density at radius 1 is 1.16 bits per heavy atom. The largest absolute Gasteiger partial charge is 0.505 e. The van der Waals surface area contributed by atoms with E-state index in [9.17, 15) is 17.6 Å². The fourth-order valence-corrected chi connectivity index (χ4v) is 2.51. The Morgan fingerprint density at radius 2 is 1.84 bits per heavy atom. The molecule has 1 aliphatic carbocycles. The number of rotatable bonds is 2. The van der Waals surface area contributed by atoms with Crippen LogP contribution in [-0.2, 0) is 0 Å². The number of hydrogen-bond acceptors (Lipinski definition) is 2. The summed E-state index contributed by atoms with van der Waals surface area (Å²) in [5.41, 5.74) is 0.261. The van der Waals surface area contributed by atoms with Crippen molar-refractivity contribution in [2.75, 3.05) is 5.32 Å². The molecule has 0 heterocycles. The van der Waals surface area contributed by atoms with E-state index in [0.717, 1.165) is 18.6 Å². The summed E-state index contributed by atoms with van der Waals surface area (Å²) in [5.74, 6) is -2.76. The first-order valence-electron chi connectivity index (χ1n) is 6.19. The van der Waals surface area contributed by atoms with Crippen LogP contribution in [0.3, 0.4) is 0 Å². The number of phenolic OH excluding ortho intramolecular Hbond substituents is 1. The van der Waals surface area contributed by atoms with E-state index in [1.54, 1.807) is 0 Å².